The van der Waals surface area contributed by atoms with Gasteiger partial charge in [0.15, 0.2) is 0 Å². The Hall–Kier alpha value is -1.74. The number of aromatic nitrogens is 2. The van der Waals surface area contributed by atoms with E-state index in [1.807, 2.05) is 12.4 Å². The maximum absolute atomic E-state index is 6.59. The van der Waals surface area contributed by atoms with Gasteiger partial charge >= 0.3 is 0 Å². The fraction of sp³-hybridized carbons (Fsp3) is 0.375. The summed E-state index contributed by atoms with van der Waals surface area (Å²) >= 11 is 0. The van der Waals surface area contributed by atoms with Crippen LogP contribution in [-0.2, 0) is 5.41 Å². The van der Waals surface area contributed by atoms with Crippen LogP contribution in [0.2, 0.25) is 0 Å². The molecule has 3 rings (SSSR count). The third-order valence-corrected chi connectivity index (χ3v) is 4.38. The Kier molecular flexibility index (Phi) is 3.30. The molecule has 98 valence electrons. The lowest BCUT2D eigenvalue weighted by Crippen LogP contribution is -2.36. The van der Waals surface area contributed by atoms with Crippen molar-refractivity contribution in [1.29, 1.82) is 0 Å². The molecule has 19 heavy (non-hydrogen) atoms. The lowest BCUT2D eigenvalue weighted by atomic mass is 9.71. The van der Waals surface area contributed by atoms with Crippen LogP contribution in [0.3, 0.4) is 0 Å². The highest BCUT2D eigenvalue weighted by atomic mass is 14.8. The molecule has 1 fully saturated rings. The van der Waals surface area contributed by atoms with E-state index >= 15 is 0 Å². The van der Waals surface area contributed by atoms with Gasteiger partial charge in [0.25, 0.3) is 0 Å². The first-order valence-corrected chi connectivity index (χ1v) is 6.89. The molecule has 1 heterocycles. The standard InChI is InChI=1S/C16H19N3/c17-15(13-10-18-12-19-11-13)16(8-4-5-9-16)14-6-2-1-3-7-14/h1-3,6-7,10-12,15H,4-5,8-9,17H2. The van der Waals surface area contributed by atoms with Gasteiger partial charge in [-0.1, -0.05) is 43.2 Å². The van der Waals surface area contributed by atoms with Crippen LogP contribution in [0.5, 0.6) is 0 Å². The number of nitrogens with zero attached hydrogens (tertiary/aromatic N) is 2. The van der Waals surface area contributed by atoms with E-state index in [1.165, 1.54) is 18.4 Å². The molecular weight excluding hydrogens is 234 g/mol. The van der Waals surface area contributed by atoms with E-state index in [2.05, 4.69) is 40.3 Å². The molecule has 1 aromatic heterocycles. The van der Waals surface area contributed by atoms with Gasteiger partial charge < -0.3 is 5.73 Å². The van der Waals surface area contributed by atoms with Crippen molar-refractivity contribution in [3.8, 4) is 0 Å². The SMILES string of the molecule is NC(c1cncnc1)C1(c2ccccc2)CCCC1. The quantitative estimate of drug-likeness (QED) is 0.914. The zero-order valence-electron chi connectivity index (χ0n) is 11.0. The van der Waals surface area contributed by atoms with E-state index in [4.69, 9.17) is 5.73 Å². The van der Waals surface area contributed by atoms with Crippen molar-refractivity contribution in [2.75, 3.05) is 0 Å². The third kappa shape index (κ3) is 2.15. The van der Waals surface area contributed by atoms with Crippen molar-refractivity contribution in [2.45, 2.75) is 37.1 Å². The number of hydrogen-bond acceptors (Lipinski definition) is 3. The van der Waals surface area contributed by atoms with Crippen LogP contribution in [0.1, 0.15) is 42.9 Å². The fourth-order valence-electron chi connectivity index (χ4n) is 3.35. The van der Waals surface area contributed by atoms with E-state index in [0.29, 0.717) is 0 Å². The molecule has 0 radical (unpaired) electrons. The highest BCUT2D eigenvalue weighted by Crippen LogP contribution is 2.48. The Labute approximate surface area is 113 Å². The molecule has 3 nitrogen and oxygen atoms in total. The topological polar surface area (TPSA) is 51.8 Å². The molecule has 1 aliphatic carbocycles. The summed E-state index contributed by atoms with van der Waals surface area (Å²) in [7, 11) is 0. The van der Waals surface area contributed by atoms with E-state index in [1.54, 1.807) is 6.33 Å². The van der Waals surface area contributed by atoms with Gasteiger partial charge in [-0.25, -0.2) is 9.97 Å². The molecule has 1 aromatic carbocycles. The highest BCUT2D eigenvalue weighted by Gasteiger charge is 2.41. The largest absolute Gasteiger partial charge is 0.323 e. The van der Waals surface area contributed by atoms with Gasteiger partial charge in [-0.3, -0.25) is 0 Å². The minimum atomic E-state index is -0.0291. The Morgan fingerprint density at radius 2 is 1.63 bits per heavy atom. The summed E-state index contributed by atoms with van der Waals surface area (Å²) in [5.41, 5.74) is 9.02. The van der Waals surface area contributed by atoms with Gasteiger partial charge in [-0.05, 0) is 18.4 Å². The maximum Gasteiger partial charge on any atom is 0.115 e. The summed E-state index contributed by atoms with van der Waals surface area (Å²) in [5.74, 6) is 0. The number of nitrogens with two attached hydrogens (primary N) is 1. The smallest absolute Gasteiger partial charge is 0.115 e. The van der Waals surface area contributed by atoms with E-state index in [-0.39, 0.29) is 11.5 Å². The molecule has 0 amide bonds. The average Bonchev–Trinajstić information content (AvgIpc) is 2.99. The first-order chi connectivity index (χ1) is 9.33. The fourth-order valence-corrected chi connectivity index (χ4v) is 3.35. The molecule has 1 atom stereocenters. The zero-order chi connectivity index (χ0) is 13.1. The van der Waals surface area contributed by atoms with Crippen LogP contribution in [-0.4, -0.2) is 9.97 Å². The van der Waals surface area contributed by atoms with Crippen molar-refractivity contribution in [3.05, 3.63) is 60.2 Å². The molecule has 1 aliphatic rings. The van der Waals surface area contributed by atoms with E-state index < -0.39 is 0 Å². The second-order valence-corrected chi connectivity index (χ2v) is 5.38. The highest BCUT2D eigenvalue weighted by molar-refractivity contribution is 5.32. The predicted molar refractivity (Wildman–Crippen MR) is 75.5 cm³/mol. The third-order valence-electron chi connectivity index (χ3n) is 4.38. The summed E-state index contributed by atoms with van der Waals surface area (Å²) in [6, 6.07) is 10.6. The van der Waals surface area contributed by atoms with Gasteiger partial charge in [0, 0.05) is 29.4 Å². The molecular formula is C16H19N3. The summed E-state index contributed by atoms with van der Waals surface area (Å²) < 4.78 is 0. The van der Waals surface area contributed by atoms with Crippen LogP contribution >= 0.6 is 0 Å². The monoisotopic (exact) mass is 253 g/mol. The average molecular weight is 253 g/mol. The van der Waals surface area contributed by atoms with Gasteiger partial charge in [0.05, 0.1) is 0 Å². The molecule has 0 bridgehead atoms. The van der Waals surface area contributed by atoms with E-state index in [9.17, 15) is 0 Å². The summed E-state index contributed by atoms with van der Waals surface area (Å²) in [6.45, 7) is 0. The lowest BCUT2D eigenvalue weighted by Gasteiger charge is -2.36. The molecule has 1 saturated carbocycles. The number of hydrogen-bond donors (Lipinski definition) is 1. The summed E-state index contributed by atoms with van der Waals surface area (Å²) in [5, 5.41) is 0. The first-order valence-electron chi connectivity index (χ1n) is 6.89. The van der Waals surface area contributed by atoms with Crippen molar-refractivity contribution >= 4 is 0 Å². The zero-order valence-corrected chi connectivity index (χ0v) is 11.0. The minimum absolute atomic E-state index is 0.0291. The van der Waals surface area contributed by atoms with Gasteiger partial charge in [-0.2, -0.15) is 0 Å². The normalized spacial score (nSPS) is 19.2. The Balaban J connectivity index is 2.02. The molecule has 0 spiro atoms. The molecule has 0 saturated heterocycles. The van der Waals surface area contributed by atoms with Crippen LogP contribution in [0.15, 0.2) is 49.1 Å². The van der Waals surface area contributed by atoms with Crippen molar-refractivity contribution in [1.82, 2.24) is 9.97 Å². The molecule has 1 unspecified atom stereocenters. The molecule has 3 heteroatoms. The van der Waals surface area contributed by atoms with Crippen LogP contribution in [0.4, 0.5) is 0 Å². The summed E-state index contributed by atoms with van der Waals surface area (Å²) in [4.78, 5) is 8.22. The second kappa shape index (κ2) is 5.10. The van der Waals surface area contributed by atoms with Crippen molar-refractivity contribution in [3.63, 3.8) is 0 Å². The maximum atomic E-state index is 6.59. The summed E-state index contributed by atoms with van der Waals surface area (Å²) in [6.07, 6.45) is 10.0. The van der Waals surface area contributed by atoms with Gasteiger partial charge in [0.1, 0.15) is 6.33 Å². The Morgan fingerprint density at radius 1 is 1.00 bits per heavy atom. The lowest BCUT2D eigenvalue weighted by molar-refractivity contribution is 0.355. The molecule has 2 aromatic rings. The second-order valence-electron chi connectivity index (χ2n) is 5.38. The predicted octanol–water partition coefficient (Wildman–Crippen LogP) is 2.99. The molecule has 0 aliphatic heterocycles. The van der Waals surface area contributed by atoms with Crippen LogP contribution in [0.25, 0.3) is 0 Å². The van der Waals surface area contributed by atoms with Gasteiger partial charge in [0.2, 0.25) is 0 Å². The van der Waals surface area contributed by atoms with Gasteiger partial charge in [-0.15, -0.1) is 0 Å². The van der Waals surface area contributed by atoms with Crippen LogP contribution < -0.4 is 5.73 Å². The Morgan fingerprint density at radius 3 is 2.26 bits per heavy atom. The Bertz CT molecular complexity index is 518. The number of rotatable bonds is 3. The van der Waals surface area contributed by atoms with Crippen molar-refractivity contribution < 1.29 is 0 Å². The van der Waals surface area contributed by atoms with Crippen molar-refractivity contribution in [2.24, 2.45) is 5.73 Å². The number of benzene rings is 1. The minimum Gasteiger partial charge on any atom is -0.323 e. The molecule has 2 N–H and O–H groups in total. The first kappa shape index (κ1) is 12.3. The van der Waals surface area contributed by atoms with E-state index in [0.717, 1.165) is 18.4 Å². The van der Waals surface area contributed by atoms with Crippen LogP contribution in [0, 0.1) is 0 Å².